The summed E-state index contributed by atoms with van der Waals surface area (Å²) in [5.41, 5.74) is 3.23. The third-order valence-electron chi connectivity index (χ3n) is 5.17. The molecule has 29 heavy (non-hydrogen) atoms. The molecule has 1 N–H and O–H groups in total. The number of nitro benzene ring substituents is 1. The summed E-state index contributed by atoms with van der Waals surface area (Å²) < 4.78 is 1.65. The summed E-state index contributed by atoms with van der Waals surface area (Å²) in [5.74, 6) is 0.0273. The van der Waals surface area contributed by atoms with Gasteiger partial charge in [0.2, 0.25) is 0 Å². The molecule has 1 amide bonds. The number of hydrogen-bond donors (Lipinski definition) is 1. The van der Waals surface area contributed by atoms with Crippen molar-refractivity contribution in [1.29, 1.82) is 0 Å². The van der Waals surface area contributed by atoms with E-state index in [-0.39, 0.29) is 23.6 Å². The topological polar surface area (TPSA) is 90.1 Å². The first-order chi connectivity index (χ1) is 14.0. The number of benzene rings is 1. The van der Waals surface area contributed by atoms with Gasteiger partial charge in [0.25, 0.3) is 11.6 Å². The molecule has 2 aromatic heterocycles. The molecule has 0 spiro atoms. The lowest BCUT2D eigenvalue weighted by atomic mass is 9.96. The highest BCUT2D eigenvalue weighted by atomic mass is 32.1. The fourth-order valence-electron chi connectivity index (χ4n) is 3.89. The predicted octanol–water partition coefficient (Wildman–Crippen LogP) is 4.30. The first-order valence-electron chi connectivity index (χ1n) is 9.28. The molecule has 0 saturated carbocycles. The van der Waals surface area contributed by atoms with Gasteiger partial charge in [-0.2, -0.15) is 5.10 Å². The van der Waals surface area contributed by atoms with E-state index in [0.29, 0.717) is 10.6 Å². The number of nitrogens with zero attached hydrogens (tertiary/aromatic N) is 3. The SMILES string of the molecule is Cc1nn(-c2ccccc2[N+](=O)[O-])c(C)c1[C@@H]1C=C[C@@H](NC(=O)c2cccs2)C1. The fourth-order valence-corrected chi connectivity index (χ4v) is 4.52. The van der Waals surface area contributed by atoms with Crippen LogP contribution in [-0.2, 0) is 0 Å². The van der Waals surface area contributed by atoms with E-state index in [9.17, 15) is 14.9 Å². The van der Waals surface area contributed by atoms with Gasteiger partial charge in [0.05, 0.1) is 15.5 Å². The average Bonchev–Trinajstić information content (AvgIpc) is 3.43. The number of allylic oxidation sites excluding steroid dienone is 1. The van der Waals surface area contributed by atoms with E-state index in [2.05, 4.69) is 16.5 Å². The normalized spacial score (nSPS) is 18.1. The smallest absolute Gasteiger partial charge is 0.294 e. The number of nitrogens with one attached hydrogen (secondary N) is 1. The van der Waals surface area contributed by atoms with E-state index in [0.717, 1.165) is 23.4 Å². The van der Waals surface area contributed by atoms with Gasteiger partial charge in [0.15, 0.2) is 0 Å². The van der Waals surface area contributed by atoms with Crippen LogP contribution < -0.4 is 5.32 Å². The van der Waals surface area contributed by atoms with Crippen molar-refractivity contribution in [2.75, 3.05) is 0 Å². The largest absolute Gasteiger partial charge is 0.345 e. The van der Waals surface area contributed by atoms with E-state index < -0.39 is 4.92 Å². The van der Waals surface area contributed by atoms with Gasteiger partial charge in [-0.25, -0.2) is 4.68 Å². The molecule has 1 aliphatic carbocycles. The minimum Gasteiger partial charge on any atom is -0.345 e. The monoisotopic (exact) mass is 408 g/mol. The van der Waals surface area contributed by atoms with Gasteiger partial charge in [-0.1, -0.05) is 30.4 Å². The maximum atomic E-state index is 12.3. The Hall–Kier alpha value is -3.26. The Bertz CT molecular complexity index is 1100. The second-order valence-electron chi connectivity index (χ2n) is 7.03. The van der Waals surface area contributed by atoms with Gasteiger partial charge >= 0.3 is 0 Å². The van der Waals surface area contributed by atoms with Crippen LogP contribution in [0.2, 0.25) is 0 Å². The van der Waals surface area contributed by atoms with Crippen LogP contribution in [0.3, 0.4) is 0 Å². The maximum absolute atomic E-state index is 12.3. The molecule has 8 heteroatoms. The Balaban J connectivity index is 1.58. The third kappa shape index (κ3) is 3.58. The average molecular weight is 408 g/mol. The quantitative estimate of drug-likeness (QED) is 0.387. The van der Waals surface area contributed by atoms with Crippen LogP contribution in [0.5, 0.6) is 0 Å². The second kappa shape index (κ2) is 7.63. The molecule has 7 nitrogen and oxygen atoms in total. The summed E-state index contributed by atoms with van der Waals surface area (Å²) in [5, 5.41) is 20.9. The van der Waals surface area contributed by atoms with Gasteiger partial charge in [-0.05, 0) is 37.8 Å². The Morgan fingerprint density at radius 2 is 2.03 bits per heavy atom. The highest BCUT2D eigenvalue weighted by molar-refractivity contribution is 7.12. The molecule has 1 aliphatic rings. The van der Waals surface area contributed by atoms with Crippen molar-refractivity contribution in [3.05, 3.63) is 85.9 Å². The number of carbonyl (C=O) groups excluding carboxylic acids is 1. The Morgan fingerprint density at radius 1 is 1.24 bits per heavy atom. The Kier molecular flexibility index (Phi) is 5.02. The van der Waals surface area contributed by atoms with Gasteiger partial charge in [0.1, 0.15) is 5.69 Å². The van der Waals surface area contributed by atoms with Crippen LogP contribution in [0.4, 0.5) is 5.69 Å². The molecule has 0 fully saturated rings. The van der Waals surface area contributed by atoms with Crippen LogP contribution in [0, 0.1) is 24.0 Å². The fraction of sp³-hybridized carbons (Fsp3) is 0.238. The first kappa shape index (κ1) is 19.1. The number of aryl methyl sites for hydroxylation is 1. The van der Waals surface area contributed by atoms with E-state index in [4.69, 9.17) is 0 Å². The van der Waals surface area contributed by atoms with Crippen LogP contribution in [0.1, 0.15) is 39.0 Å². The Morgan fingerprint density at radius 3 is 2.76 bits per heavy atom. The zero-order chi connectivity index (χ0) is 20.5. The molecule has 4 rings (SSSR count). The van der Waals surface area contributed by atoms with Gasteiger partial charge in [-0.3, -0.25) is 14.9 Å². The zero-order valence-corrected chi connectivity index (χ0v) is 16.8. The lowest BCUT2D eigenvalue weighted by molar-refractivity contribution is -0.384. The van der Waals surface area contributed by atoms with Crippen molar-refractivity contribution in [2.24, 2.45) is 0 Å². The number of rotatable bonds is 5. The highest BCUT2D eigenvalue weighted by Crippen LogP contribution is 2.35. The van der Waals surface area contributed by atoms with Gasteiger partial charge in [-0.15, -0.1) is 11.3 Å². The van der Waals surface area contributed by atoms with Gasteiger partial charge in [0, 0.05) is 29.3 Å². The van der Waals surface area contributed by atoms with Crippen molar-refractivity contribution >= 4 is 22.9 Å². The van der Waals surface area contributed by atoms with Crippen molar-refractivity contribution in [1.82, 2.24) is 15.1 Å². The summed E-state index contributed by atoms with van der Waals surface area (Å²) in [6, 6.07) is 10.2. The Labute approximate surface area is 171 Å². The number of amides is 1. The van der Waals surface area contributed by atoms with E-state index in [1.807, 2.05) is 31.4 Å². The number of carbonyl (C=O) groups is 1. The van der Waals surface area contributed by atoms with Crippen LogP contribution in [0.25, 0.3) is 5.69 Å². The summed E-state index contributed by atoms with van der Waals surface area (Å²) in [7, 11) is 0. The number of para-hydroxylation sites is 2. The van der Waals surface area contributed by atoms with E-state index >= 15 is 0 Å². The van der Waals surface area contributed by atoms with Crippen molar-refractivity contribution < 1.29 is 9.72 Å². The molecule has 0 bridgehead atoms. The molecule has 148 valence electrons. The third-order valence-corrected chi connectivity index (χ3v) is 6.04. The summed E-state index contributed by atoms with van der Waals surface area (Å²) >= 11 is 1.42. The van der Waals surface area contributed by atoms with Crippen LogP contribution >= 0.6 is 11.3 Å². The first-order valence-corrected chi connectivity index (χ1v) is 10.2. The molecule has 3 aromatic rings. The molecular weight excluding hydrogens is 388 g/mol. The lowest BCUT2D eigenvalue weighted by Crippen LogP contribution is -2.32. The van der Waals surface area contributed by atoms with Crippen LogP contribution in [-0.4, -0.2) is 26.7 Å². The molecule has 0 saturated heterocycles. The minimum absolute atomic E-state index is 0.0210. The van der Waals surface area contributed by atoms with E-state index in [1.165, 1.54) is 17.4 Å². The number of aromatic nitrogens is 2. The molecular formula is C21H20N4O3S. The standard InChI is InChI=1S/C21H20N4O3S/c1-13-20(14(2)24(23-13)17-6-3-4-7-18(17)25(27)28)15-9-10-16(12-15)22-21(26)19-8-5-11-29-19/h3-11,15-16H,12H2,1-2H3,(H,22,26)/t15-,16-/m1/s1. The highest BCUT2D eigenvalue weighted by Gasteiger charge is 2.28. The molecule has 2 heterocycles. The van der Waals surface area contributed by atoms with Gasteiger partial charge < -0.3 is 5.32 Å². The van der Waals surface area contributed by atoms with E-state index in [1.54, 1.807) is 28.9 Å². The molecule has 0 aliphatic heterocycles. The minimum atomic E-state index is -0.392. The van der Waals surface area contributed by atoms with Crippen LogP contribution in [0.15, 0.2) is 53.9 Å². The number of nitro groups is 1. The maximum Gasteiger partial charge on any atom is 0.294 e. The summed E-state index contributed by atoms with van der Waals surface area (Å²) in [4.78, 5) is 24.0. The number of thiophene rings is 1. The molecule has 0 unspecified atom stereocenters. The molecule has 0 radical (unpaired) electrons. The van der Waals surface area contributed by atoms with Crippen molar-refractivity contribution in [3.8, 4) is 5.69 Å². The molecule has 2 atom stereocenters. The lowest BCUT2D eigenvalue weighted by Gasteiger charge is -2.14. The summed E-state index contributed by atoms with van der Waals surface area (Å²) in [6.45, 7) is 3.84. The summed E-state index contributed by atoms with van der Waals surface area (Å²) in [6.07, 6.45) is 4.83. The van der Waals surface area contributed by atoms with Crippen molar-refractivity contribution in [3.63, 3.8) is 0 Å². The second-order valence-corrected chi connectivity index (χ2v) is 7.97. The van der Waals surface area contributed by atoms with Crippen molar-refractivity contribution in [2.45, 2.75) is 32.2 Å². The zero-order valence-electron chi connectivity index (χ0n) is 16.0. The number of hydrogen-bond acceptors (Lipinski definition) is 5. The molecule has 1 aromatic carbocycles. The predicted molar refractivity (Wildman–Crippen MR) is 112 cm³/mol.